The number of carboxylic acids is 1. The van der Waals surface area contributed by atoms with E-state index in [1.54, 1.807) is 0 Å². The first-order valence-corrected chi connectivity index (χ1v) is 6.45. The van der Waals surface area contributed by atoms with Gasteiger partial charge in [0.2, 0.25) is 0 Å². The lowest BCUT2D eigenvalue weighted by atomic mass is 10.2. The minimum atomic E-state index is -1.23. The van der Waals surface area contributed by atoms with Gasteiger partial charge in [0.15, 0.2) is 0 Å². The lowest BCUT2D eigenvalue weighted by Gasteiger charge is -2.06. The van der Waals surface area contributed by atoms with Crippen LogP contribution in [0.15, 0.2) is 18.2 Å². The molecule has 6 nitrogen and oxygen atoms in total. The molecule has 0 bridgehead atoms. The number of halogens is 1. The summed E-state index contributed by atoms with van der Waals surface area (Å²) in [6.45, 7) is 1.83. The fourth-order valence-electron chi connectivity index (χ4n) is 1.54. The van der Waals surface area contributed by atoms with Gasteiger partial charge in [-0.3, -0.25) is 4.79 Å². The zero-order chi connectivity index (χ0) is 14.7. The number of carbonyl (C=O) groups is 2. The zero-order valence-corrected chi connectivity index (χ0v) is 11.2. The average molecular weight is 295 g/mol. The fourth-order valence-corrected chi connectivity index (χ4v) is 2.19. The first-order chi connectivity index (χ1) is 9.52. The van der Waals surface area contributed by atoms with E-state index in [4.69, 9.17) is 5.11 Å². The molecular weight excluding hydrogens is 285 g/mol. The summed E-state index contributed by atoms with van der Waals surface area (Å²) in [7, 11) is 0. The lowest BCUT2D eigenvalue weighted by molar-refractivity contribution is 0.0696. The molecule has 1 aromatic carbocycles. The van der Waals surface area contributed by atoms with Gasteiger partial charge in [-0.05, 0) is 36.2 Å². The number of carbonyl (C=O) groups excluding carboxylic acids is 1. The summed E-state index contributed by atoms with van der Waals surface area (Å²) in [5.74, 6) is -2.56. The maximum absolute atomic E-state index is 13.7. The van der Waals surface area contributed by atoms with Crippen molar-refractivity contribution < 1.29 is 19.1 Å². The van der Waals surface area contributed by atoms with Crippen LogP contribution in [0, 0.1) is 5.82 Å². The van der Waals surface area contributed by atoms with E-state index < -0.39 is 17.7 Å². The summed E-state index contributed by atoms with van der Waals surface area (Å²) < 4.78 is 17.4. The summed E-state index contributed by atoms with van der Waals surface area (Å²) in [5, 5.41) is 14.9. The second-order valence-electron chi connectivity index (χ2n) is 3.86. The Bertz CT molecular complexity index is 672. The van der Waals surface area contributed by atoms with Crippen LogP contribution in [-0.4, -0.2) is 26.6 Å². The number of anilines is 1. The molecule has 0 unspecified atom stereocenters. The third-order valence-electron chi connectivity index (χ3n) is 2.56. The van der Waals surface area contributed by atoms with Crippen molar-refractivity contribution >= 4 is 29.1 Å². The van der Waals surface area contributed by atoms with Gasteiger partial charge >= 0.3 is 5.97 Å². The molecule has 0 saturated carbocycles. The number of nitrogens with zero attached hydrogens (tertiary/aromatic N) is 2. The summed E-state index contributed by atoms with van der Waals surface area (Å²) in [5.41, 5.74) is 0.264. The van der Waals surface area contributed by atoms with Crippen molar-refractivity contribution in [2.45, 2.75) is 13.3 Å². The van der Waals surface area contributed by atoms with E-state index in [1.165, 1.54) is 12.1 Å². The minimum Gasteiger partial charge on any atom is -0.478 e. The Morgan fingerprint density at radius 2 is 2.20 bits per heavy atom. The molecule has 2 N–H and O–H groups in total. The Morgan fingerprint density at radius 1 is 1.45 bits per heavy atom. The first kappa shape index (κ1) is 14.1. The maximum Gasteiger partial charge on any atom is 0.335 e. The van der Waals surface area contributed by atoms with Crippen molar-refractivity contribution in [3.8, 4) is 0 Å². The fraction of sp³-hybridized carbons (Fsp3) is 0.167. The molecule has 0 atom stereocenters. The molecule has 2 aromatic rings. The Hall–Kier alpha value is -2.35. The monoisotopic (exact) mass is 295 g/mol. The van der Waals surface area contributed by atoms with Crippen molar-refractivity contribution in [2.24, 2.45) is 0 Å². The van der Waals surface area contributed by atoms with Crippen LogP contribution in [0.1, 0.15) is 32.6 Å². The molecule has 0 radical (unpaired) electrons. The minimum absolute atomic E-state index is 0.0875. The smallest absolute Gasteiger partial charge is 0.335 e. The van der Waals surface area contributed by atoms with E-state index in [-0.39, 0.29) is 11.3 Å². The number of carboxylic acid groups (broad SMARTS) is 1. The Kier molecular flexibility index (Phi) is 4.04. The van der Waals surface area contributed by atoms with Crippen molar-refractivity contribution in [1.82, 2.24) is 9.59 Å². The number of nitrogens with one attached hydrogen (secondary N) is 1. The third-order valence-corrected chi connectivity index (χ3v) is 3.33. The number of amides is 1. The zero-order valence-electron chi connectivity index (χ0n) is 10.4. The Morgan fingerprint density at radius 3 is 2.80 bits per heavy atom. The molecule has 0 fully saturated rings. The van der Waals surface area contributed by atoms with Gasteiger partial charge in [0.1, 0.15) is 10.7 Å². The van der Waals surface area contributed by atoms with E-state index in [1.807, 2.05) is 6.92 Å². The van der Waals surface area contributed by atoms with E-state index in [9.17, 15) is 14.0 Å². The summed E-state index contributed by atoms with van der Waals surface area (Å²) in [4.78, 5) is 23.0. The van der Waals surface area contributed by atoms with Crippen LogP contribution in [-0.2, 0) is 6.42 Å². The van der Waals surface area contributed by atoms with Crippen LogP contribution in [0.3, 0.4) is 0 Å². The van der Waals surface area contributed by atoms with Crippen molar-refractivity contribution in [3.05, 3.63) is 40.2 Å². The highest BCUT2D eigenvalue weighted by molar-refractivity contribution is 7.08. The van der Waals surface area contributed by atoms with Gasteiger partial charge in [-0.1, -0.05) is 11.4 Å². The van der Waals surface area contributed by atoms with E-state index in [0.29, 0.717) is 17.0 Å². The van der Waals surface area contributed by atoms with Crippen LogP contribution in [0.2, 0.25) is 0 Å². The molecule has 0 aliphatic heterocycles. The van der Waals surface area contributed by atoms with E-state index in [2.05, 4.69) is 14.9 Å². The largest absolute Gasteiger partial charge is 0.478 e. The lowest BCUT2D eigenvalue weighted by Crippen LogP contribution is -2.13. The molecule has 2 rings (SSSR count). The third kappa shape index (κ3) is 2.80. The standard InChI is InChI=1S/C12H10FN3O3S/c1-2-8-10(20-16-15-8)11(17)14-9-4-3-6(12(18)19)5-7(9)13/h3-5H,2H2,1H3,(H,14,17)(H,18,19). The molecular formula is C12H10FN3O3S. The average Bonchev–Trinajstić information content (AvgIpc) is 2.89. The maximum atomic E-state index is 13.7. The second-order valence-corrected chi connectivity index (χ2v) is 4.61. The Labute approximate surface area is 117 Å². The molecule has 1 aromatic heterocycles. The van der Waals surface area contributed by atoms with Gasteiger partial charge < -0.3 is 10.4 Å². The van der Waals surface area contributed by atoms with Gasteiger partial charge in [-0.15, -0.1) is 5.10 Å². The molecule has 1 heterocycles. The normalized spacial score (nSPS) is 10.3. The molecule has 1 amide bonds. The van der Waals surface area contributed by atoms with Crippen LogP contribution in [0.25, 0.3) is 0 Å². The van der Waals surface area contributed by atoms with Gasteiger partial charge in [-0.25, -0.2) is 9.18 Å². The van der Waals surface area contributed by atoms with Gasteiger partial charge in [0.05, 0.1) is 16.9 Å². The van der Waals surface area contributed by atoms with Crippen LogP contribution in [0.4, 0.5) is 10.1 Å². The highest BCUT2D eigenvalue weighted by Crippen LogP contribution is 2.19. The predicted octanol–water partition coefficient (Wildman–Crippen LogP) is 2.19. The van der Waals surface area contributed by atoms with Crippen LogP contribution >= 0.6 is 11.5 Å². The molecule has 0 saturated heterocycles. The number of aromatic nitrogens is 2. The molecule has 0 aliphatic carbocycles. The van der Waals surface area contributed by atoms with Gasteiger partial charge in [0.25, 0.3) is 5.91 Å². The molecule has 104 valence electrons. The number of aromatic carboxylic acids is 1. The highest BCUT2D eigenvalue weighted by atomic mass is 32.1. The van der Waals surface area contributed by atoms with E-state index in [0.717, 1.165) is 17.6 Å². The number of hydrogen-bond donors (Lipinski definition) is 2. The van der Waals surface area contributed by atoms with Crippen molar-refractivity contribution in [2.75, 3.05) is 5.32 Å². The number of aryl methyl sites for hydroxylation is 1. The predicted molar refractivity (Wildman–Crippen MR) is 70.6 cm³/mol. The SMILES string of the molecule is CCc1nnsc1C(=O)Nc1ccc(C(=O)O)cc1F. The summed E-state index contributed by atoms with van der Waals surface area (Å²) in [6, 6.07) is 3.27. The number of rotatable bonds is 4. The number of benzene rings is 1. The second kappa shape index (κ2) is 5.74. The Balaban J connectivity index is 2.22. The van der Waals surface area contributed by atoms with Gasteiger partial charge in [0, 0.05) is 0 Å². The number of hydrogen-bond acceptors (Lipinski definition) is 5. The molecule has 0 aliphatic rings. The van der Waals surface area contributed by atoms with E-state index >= 15 is 0 Å². The van der Waals surface area contributed by atoms with Crippen molar-refractivity contribution in [1.29, 1.82) is 0 Å². The van der Waals surface area contributed by atoms with Crippen LogP contribution < -0.4 is 5.32 Å². The summed E-state index contributed by atoms with van der Waals surface area (Å²) in [6.07, 6.45) is 0.541. The molecule has 8 heteroatoms. The van der Waals surface area contributed by atoms with Crippen molar-refractivity contribution in [3.63, 3.8) is 0 Å². The topological polar surface area (TPSA) is 92.2 Å². The highest BCUT2D eigenvalue weighted by Gasteiger charge is 2.17. The van der Waals surface area contributed by atoms with Gasteiger partial charge in [-0.2, -0.15) is 0 Å². The summed E-state index contributed by atoms with van der Waals surface area (Å²) >= 11 is 0.926. The molecule has 0 spiro atoms. The quantitative estimate of drug-likeness (QED) is 0.902. The van der Waals surface area contributed by atoms with Crippen LogP contribution in [0.5, 0.6) is 0 Å². The molecule has 20 heavy (non-hydrogen) atoms. The first-order valence-electron chi connectivity index (χ1n) is 5.68.